The highest BCUT2D eigenvalue weighted by Gasteiger charge is 2.20. The van der Waals surface area contributed by atoms with E-state index in [4.69, 9.17) is 16.3 Å². The molecular weight excluding hydrogens is 274 g/mol. The number of nitrogens with one attached hydrogen (secondary N) is 1. The van der Waals surface area contributed by atoms with Crippen LogP contribution in [0.3, 0.4) is 0 Å². The van der Waals surface area contributed by atoms with Crippen molar-refractivity contribution in [2.45, 2.75) is 25.5 Å². The third-order valence-electron chi connectivity index (χ3n) is 3.60. The van der Waals surface area contributed by atoms with Crippen molar-refractivity contribution in [2.24, 2.45) is 0 Å². The first kappa shape index (κ1) is 13.5. The van der Waals surface area contributed by atoms with E-state index in [-0.39, 0.29) is 0 Å². The molecule has 1 aromatic carbocycles. The van der Waals surface area contributed by atoms with Crippen LogP contribution in [-0.4, -0.2) is 22.9 Å². The molecule has 1 aliphatic rings. The average Bonchev–Trinajstić information content (AvgIpc) is 2.88. The van der Waals surface area contributed by atoms with Gasteiger partial charge in [-0.3, -0.25) is 0 Å². The molecule has 20 heavy (non-hydrogen) atoms. The Balaban J connectivity index is 1.67. The van der Waals surface area contributed by atoms with Gasteiger partial charge < -0.3 is 10.1 Å². The molecule has 2 aromatic rings. The lowest BCUT2D eigenvalue weighted by Gasteiger charge is -2.23. The van der Waals surface area contributed by atoms with Crippen LogP contribution in [0.4, 0.5) is 0 Å². The molecule has 1 aromatic heterocycles. The summed E-state index contributed by atoms with van der Waals surface area (Å²) in [7, 11) is 0. The Bertz CT molecular complexity index is 550. The second kappa shape index (κ2) is 6.29. The summed E-state index contributed by atoms with van der Waals surface area (Å²) in [6, 6.07) is 10.4. The van der Waals surface area contributed by atoms with Crippen LogP contribution in [0.25, 0.3) is 0 Å². The van der Waals surface area contributed by atoms with Gasteiger partial charge in [0.2, 0.25) is 0 Å². The van der Waals surface area contributed by atoms with Gasteiger partial charge in [-0.05, 0) is 31.5 Å². The van der Waals surface area contributed by atoms with Gasteiger partial charge in [-0.1, -0.05) is 41.9 Å². The second-order valence-electron chi connectivity index (χ2n) is 5.00. The molecular formula is C15H18ClN3O. The van der Waals surface area contributed by atoms with Crippen molar-refractivity contribution in [2.75, 3.05) is 13.1 Å². The van der Waals surface area contributed by atoms with E-state index in [1.165, 1.54) is 0 Å². The van der Waals surface area contributed by atoms with Crippen LogP contribution in [0.2, 0.25) is 5.15 Å². The van der Waals surface area contributed by atoms with Gasteiger partial charge in [-0.2, -0.15) is 5.10 Å². The number of benzene rings is 1. The van der Waals surface area contributed by atoms with E-state index >= 15 is 0 Å². The SMILES string of the molecule is Clc1c(OCc2ccccc2)cnn1C1CCNCC1. The highest BCUT2D eigenvalue weighted by Crippen LogP contribution is 2.30. The van der Waals surface area contributed by atoms with E-state index in [1.807, 2.05) is 35.0 Å². The Morgan fingerprint density at radius 2 is 2.00 bits per heavy atom. The molecule has 0 unspecified atom stereocenters. The molecule has 0 bridgehead atoms. The summed E-state index contributed by atoms with van der Waals surface area (Å²) in [5.74, 6) is 0.661. The predicted molar refractivity (Wildman–Crippen MR) is 79.2 cm³/mol. The quantitative estimate of drug-likeness (QED) is 0.941. The Morgan fingerprint density at radius 1 is 1.25 bits per heavy atom. The van der Waals surface area contributed by atoms with Crippen molar-refractivity contribution in [3.05, 3.63) is 47.2 Å². The monoisotopic (exact) mass is 291 g/mol. The summed E-state index contributed by atoms with van der Waals surface area (Å²) in [4.78, 5) is 0. The Kier molecular flexibility index (Phi) is 4.23. The zero-order valence-electron chi connectivity index (χ0n) is 11.3. The molecule has 0 spiro atoms. The van der Waals surface area contributed by atoms with Crippen LogP contribution < -0.4 is 10.1 Å². The number of hydrogen-bond donors (Lipinski definition) is 1. The fourth-order valence-electron chi connectivity index (χ4n) is 2.47. The second-order valence-corrected chi connectivity index (χ2v) is 5.36. The van der Waals surface area contributed by atoms with E-state index in [2.05, 4.69) is 10.4 Å². The summed E-state index contributed by atoms with van der Waals surface area (Å²) in [5.41, 5.74) is 1.12. The zero-order valence-corrected chi connectivity index (χ0v) is 12.0. The molecule has 1 N–H and O–H groups in total. The summed E-state index contributed by atoms with van der Waals surface area (Å²) >= 11 is 6.38. The standard InChI is InChI=1S/C15H18ClN3O/c16-15-14(20-11-12-4-2-1-3-5-12)10-18-19(15)13-6-8-17-9-7-13/h1-5,10,13,17H,6-9,11H2. The molecule has 2 heterocycles. The minimum atomic E-state index is 0.373. The van der Waals surface area contributed by atoms with E-state index in [0.717, 1.165) is 31.5 Å². The molecule has 0 amide bonds. The summed E-state index contributed by atoms with van der Waals surface area (Å²) in [6.07, 6.45) is 3.83. The van der Waals surface area contributed by atoms with Crippen molar-refractivity contribution >= 4 is 11.6 Å². The maximum atomic E-state index is 6.38. The Labute approximate surface area is 123 Å². The van der Waals surface area contributed by atoms with Crippen LogP contribution >= 0.6 is 11.6 Å². The first-order valence-corrected chi connectivity index (χ1v) is 7.33. The summed E-state index contributed by atoms with van der Waals surface area (Å²) in [5, 5.41) is 8.33. The topological polar surface area (TPSA) is 39.1 Å². The Hall–Kier alpha value is -1.52. The number of aromatic nitrogens is 2. The normalized spacial score (nSPS) is 16.2. The number of piperidine rings is 1. The van der Waals surface area contributed by atoms with Crippen LogP contribution in [-0.2, 0) is 6.61 Å². The van der Waals surface area contributed by atoms with Crippen molar-refractivity contribution in [1.82, 2.24) is 15.1 Å². The fourth-order valence-corrected chi connectivity index (χ4v) is 2.75. The maximum Gasteiger partial charge on any atom is 0.176 e. The van der Waals surface area contributed by atoms with E-state index in [9.17, 15) is 0 Å². The third kappa shape index (κ3) is 2.97. The van der Waals surface area contributed by atoms with E-state index in [1.54, 1.807) is 6.20 Å². The van der Waals surface area contributed by atoms with Gasteiger partial charge >= 0.3 is 0 Å². The third-order valence-corrected chi connectivity index (χ3v) is 3.96. The van der Waals surface area contributed by atoms with Crippen molar-refractivity contribution in [3.63, 3.8) is 0 Å². The number of halogens is 1. The molecule has 3 rings (SSSR count). The molecule has 0 aliphatic carbocycles. The molecule has 1 saturated heterocycles. The van der Waals surface area contributed by atoms with Crippen LogP contribution in [0, 0.1) is 0 Å². The lowest BCUT2D eigenvalue weighted by Crippen LogP contribution is -2.29. The van der Waals surface area contributed by atoms with Crippen LogP contribution in [0.1, 0.15) is 24.4 Å². The number of nitrogens with zero attached hydrogens (tertiary/aromatic N) is 2. The largest absolute Gasteiger partial charge is 0.484 e. The molecule has 106 valence electrons. The number of hydrogen-bond acceptors (Lipinski definition) is 3. The predicted octanol–water partition coefficient (Wildman–Crippen LogP) is 3.04. The summed E-state index contributed by atoms with van der Waals surface area (Å²) < 4.78 is 7.66. The molecule has 5 heteroatoms. The summed E-state index contributed by atoms with van der Waals surface area (Å²) in [6.45, 7) is 2.54. The minimum absolute atomic E-state index is 0.373. The molecule has 4 nitrogen and oxygen atoms in total. The molecule has 1 aliphatic heterocycles. The molecule has 0 saturated carbocycles. The lowest BCUT2D eigenvalue weighted by molar-refractivity contribution is 0.303. The smallest absolute Gasteiger partial charge is 0.176 e. The fraction of sp³-hybridized carbons (Fsp3) is 0.400. The number of rotatable bonds is 4. The first-order chi connectivity index (χ1) is 9.84. The van der Waals surface area contributed by atoms with Crippen LogP contribution in [0.15, 0.2) is 36.5 Å². The Morgan fingerprint density at radius 3 is 2.75 bits per heavy atom. The number of ether oxygens (including phenoxy) is 1. The average molecular weight is 292 g/mol. The first-order valence-electron chi connectivity index (χ1n) is 6.95. The van der Waals surface area contributed by atoms with Crippen molar-refractivity contribution in [3.8, 4) is 5.75 Å². The van der Waals surface area contributed by atoms with E-state index in [0.29, 0.717) is 23.6 Å². The molecule has 0 atom stereocenters. The maximum absolute atomic E-state index is 6.38. The van der Waals surface area contributed by atoms with Gasteiger partial charge in [0.15, 0.2) is 10.9 Å². The van der Waals surface area contributed by atoms with Crippen LogP contribution in [0.5, 0.6) is 5.75 Å². The van der Waals surface area contributed by atoms with Crippen molar-refractivity contribution in [1.29, 1.82) is 0 Å². The molecule has 1 fully saturated rings. The zero-order chi connectivity index (χ0) is 13.8. The highest BCUT2D eigenvalue weighted by atomic mass is 35.5. The van der Waals surface area contributed by atoms with Gasteiger partial charge in [0.05, 0.1) is 12.2 Å². The van der Waals surface area contributed by atoms with Gasteiger partial charge in [0, 0.05) is 0 Å². The van der Waals surface area contributed by atoms with E-state index < -0.39 is 0 Å². The molecule has 0 radical (unpaired) electrons. The highest BCUT2D eigenvalue weighted by molar-refractivity contribution is 6.31. The lowest BCUT2D eigenvalue weighted by atomic mass is 10.1. The van der Waals surface area contributed by atoms with Gasteiger partial charge in [0.25, 0.3) is 0 Å². The van der Waals surface area contributed by atoms with Gasteiger partial charge in [-0.15, -0.1) is 0 Å². The minimum Gasteiger partial charge on any atom is -0.484 e. The van der Waals surface area contributed by atoms with Gasteiger partial charge in [0.1, 0.15) is 6.61 Å². The van der Waals surface area contributed by atoms with Gasteiger partial charge in [-0.25, -0.2) is 4.68 Å². The van der Waals surface area contributed by atoms with Crippen molar-refractivity contribution < 1.29 is 4.74 Å².